The van der Waals surface area contributed by atoms with E-state index in [1.165, 1.54) is 12.0 Å². The predicted octanol–water partition coefficient (Wildman–Crippen LogP) is 4.03. The number of nitrogens with one attached hydrogen (secondary N) is 1. The molecule has 2 N–H and O–H groups in total. The van der Waals surface area contributed by atoms with Gasteiger partial charge in [-0.15, -0.1) is 0 Å². The van der Waals surface area contributed by atoms with Gasteiger partial charge in [-0.2, -0.15) is 0 Å². The highest BCUT2D eigenvalue weighted by atomic mass is 16.5. The Morgan fingerprint density at radius 1 is 1.29 bits per heavy atom. The Bertz CT molecular complexity index is 879. The van der Waals surface area contributed by atoms with Crippen LogP contribution in [0.15, 0.2) is 50.5 Å². The molecule has 1 aliphatic carbocycles. The average molecular weight is 424 g/mol. The fourth-order valence-electron chi connectivity index (χ4n) is 4.71. The molecule has 0 amide bonds. The van der Waals surface area contributed by atoms with E-state index in [9.17, 15) is 5.21 Å². The maximum absolute atomic E-state index is 9.70. The maximum Gasteiger partial charge on any atom is 0.218 e. The number of nitrogens with zero attached hydrogens (tertiary/aromatic N) is 4. The molecule has 1 saturated carbocycles. The van der Waals surface area contributed by atoms with Gasteiger partial charge >= 0.3 is 0 Å². The van der Waals surface area contributed by atoms with E-state index in [0.717, 1.165) is 43.8 Å². The molecule has 4 atom stereocenters. The molecule has 0 spiro atoms. The molecule has 7 nitrogen and oxygen atoms in total. The van der Waals surface area contributed by atoms with E-state index >= 15 is 0 Å². The number of benzene rings is 1. The molecule has 31 heavy (non-hydrogen) atoms. The van der Waals surface area contributed by atoms with Gasteiger partial charge in [-0.1, -0.05) is 42.4 Å². The summed E-state index contributed by atoms with van der Waals surface area (Å²) in [5.74, 6) is 2.41. The molecule has 166 valence electrons. The smallest absolute Gasteiger partial charge is 0.218 e. The van der Waals surface area contributed by atoms with Crippen molar-refractivity contribution >= 4 is 23.8 Å². The van der Waals surface area contributed by atoms with Crippen molar-refractivity contribution in [3.8, 4) is 0 Å². The minimum Gasteiger partial charge on any atom is -0.479 e. The summed E-state index contributed by atoms with van der Waals surface area (Å²) in [7, 11) is 0. The number of oxime groups is 1. The van der Waals surface area contributed by atoms with E-state index in [1.54, 1.807) is 0 Å². The van der Waals surface area contributed by atoms with Crippen molar-refractivity contribution in [3.05, 3.63) is 35.9 Å². The van der Waals surface area contributed by atoms with Crippen LogP contribution in [0.2, 0.25) is 0 Å². The summed E-state index contributed by atoms with van der Waals surface area (Å²) in [6.45, 7) is 6.20. The third-order valence-electron chi connectivity index (χ3n) is 6.74. The van der Waals surface area contributed by atoms with Crippen molar-refractivity contribution in [1.29, 1.82) is 0 Å². The Morgan fingerprint density at radius 2 is 2.13 bits per heavy atom. The van der Waals surface area contributed by atoms with E-state index in [1.807, 2.05) is 12.3 Å². The Hall–Kier alpha value is -2.70. The molecule has 2 unspecified atom stereocenters. The minimum absolute atomic E-state index is 0.0715. The Morgan fingerprint density at radius 3 is 2.94 bits per heavy atom. The average Bonchev–Trinajstić information content (AvgIpc) is 3.00. The van der Waals surface area contributed by atoms with Gasteiger partial charge in [-0.3, -0.25) is 4.99 Å². The summed E-state index contributed by atoms with van der Waals surface area (Å²) in [6, 6.07) is 10.5. The minimum atomic E-state index is -0.415. The van der Waals surface area contributed by atoms with Gasteiger partial charge < -0.3 is 15.3 Å². The topological polar surface area (TPSA) is 90.9 Å². The van der Waals surface area contributed by atoms with Crippen LogP contribution < -0.4 is 5.32 Å². The Kier molecular flexibility index (Phi) is 6.68. The standard InChI is InChI=1S/C24H33N5O2/c1-17-7-6-10-22(26-15-17)31-12-11-25-23-27-16-24(2)20(28-23)13-19(14-21(24)29-30)18-8-4-3-5-9-18/h3-5,8-9,16-17,19-20,30H,6-7,10-15H2,1-2H3,(H,25,28)/b29-21+/t17-,19?,20?,24+/m1/s1. The maximum atomic E-state index is 9.70. The van der Waals surface area contributed by atoms with Gasteiger partial charge in [0, 0.05) is 25.2 Å². The molecule has 1 aromatic rings. The summed E-state index contributed by atoms with van der Waals surface area (Å²) >= 11 is 0. The van der Waals surface area contributed by atoms with Crippen LogP contribution in [0.25, 0.3) is 0 Å². The first-order valence-corrected chi connectivity index (χ1v) is 11.4. The highest BCUT2D eigenvalue weighted by Gasteiger charge is 2.46. The highest BCUT2D eigenvalue weighted by Crippen LogP contribution is 2.41. The molecule has 0 saturated heterocycles. The second-order valence-electron chi connectivity index (χ2n) is 9.12. The molecule has 4 rings (SSSR count). The van der Waals surface area contributed by atoms with E-state index in [-0.39, 0.29) is 6.04 Å². The van der Waals surface area contributed by atoms with Crippen molar-refractivity contribution in [2.45, 2.75) is 57.9 Å². The van der Waals surface area contributed by atoms with Crippen LogP contribution in [0, 0.1) is 11.3 Å². The first-order valence-electron chi connectivity index (χ1n) is 11.4. The zero-order valence-electron chi connectivity index (χ0n) is 18.5. The van der Waals surface area contributed by atoms with E-state index in [2.05, 4.69) is 63.6 Å². The summed E-state index contributed by atoms with van der Waals surface area (Å²) in [5, 5.41) is 16.8. The van der Waals surface area contributed by atoms with Crippen LogP contribution >= 0.6 is 0 Å². The molecule has 0 radical (unpaired) electrons. The van der Waals surface area contributed by atoms with Gasteiger partial charge in [-0.05, 0) is 50.0 Å². The van der Waals surface area contributed by atoms with Gasteiger partial charge in [0.05, 0.1) is 17.7 Å². The second-order valence-corrected chi connectivity index (χ2v) is 9.12. The number of fused-ring (bicyclic) bond motifs is 1. The van der Waals surface area contributed by atoms with E-state index < -0.39 is 5.41 Å². The lowest BCUT2D eigenvalue weighted by Crippen LogP contribution is -2.57. The van der Waals surface area contributed by atoms with Crippen LogP contribution in [0.5, 0.6) is 0 Å². The lowest BCUT2D eigenvalue weighted by Gasteiger charge is -2.45. The number of hydrogen-bond acceptors (Lipinski definition) is 5. The predicted molar refractivity (Wildman–Crippen MR) is 125 cm³/mol. The summed E-state index contributed by atoms with van der Waals surface area (Å²) < 4.78 is 5.85. The normalized spacial score (nSPS) is 33.4. The van der Waals surface area contributed by atoms with Gasteiger partial charge in [0.2, 0.25) is 5.96 Å². The van der Waals surface area contributed by atoms with Gasteiger partial charge in [0.1, 0.15) is 6.61 Å². The largest absolute Gasteiger partial charge is 0.479 e. The fraction of sp³-hybridized carbons (Fsp3) is 0.583. The summed E-state index contributed by atoms with van der Waals surface area (Å²) in [4.78, 5) is 13.7. The van der Waals surface area contributed by atoms with Gasteiger partial charge in [0.25, 0.3) is 0 Å². The third-order valence-corrected chi connectivity index (χ3v) is 6.74. The molecular weight excluding hydrogens is 390 g/mol. The molecule has 2 heterocycles. The zero-order valence-corrected chi connectivity index (χ0v) is 18.5. The number of guanidine groups is 1. The zero-order chi connectivity index (χ0) is 21.7. The fourth-order valence-corrected chi connectivity index (χ4v) is 4.71. The quantitative estimate of drug-likeness (QED) is 0.435. The van der Waals surface area contributed by atoms with Crippen LogP contribution in [0.3, 0.4) is 0 Å². The first-order chi connectivity index (χ1) is 15.1. The Labute approximate surface area is 184 Å². The van der Waals surface area contributed by atoms with Crippen LogP contribution in [0.1, 0.15) is 57.4 Å². The molecule has 7 heteroatoms. The number of aliphatic imine (C=N–C) groups is 3. The summed E-state index contributed by atoms with van der Waals surface area (Å²) in [6.07, 6.45) is 6.81. The van der Waals surface area contributed by atoms with Crippen molar-refractivity contribution in [1.82, 2.24) is 5.32 Å². The van der Waals surface area contributed by atoms with Gasteiger partial charge in [0.15, 0.2) is 5.90 Å². The van der Waals surface area contributed by atoms with E-state index in [4.69, 9.17) is 4.74 Å². The van der Waals surface area contributed by atoms with Crippen molar-refractivity contribution in [2.24, 2.45) is 31.5 Å². The first kappa shape index (κ1) is 21.5. The van der Waals surface area contributed by atoms with Crippen LogP contribution in [0.4, 0.5) is 0 Å². The molecule has 1 aromatic carbocycles. The molecule has 2 aliphatic heterocycles. The van der Waals surface area contributed by atoms with Crippen molar-refractivity contribution in [2.75, 3.05) is 19.7 Å². The van der Waals surface area contributed by atoms with E-state index in [0.29, 0.717) is 30.9 Å². The molecule has 3 aliphatic rings. The number of hydrogen-bond donors (Lipinski definition) is 2. The third kappa shape index (κ3) is 4.97. The molecular formula is C24H33N5O2. The monoisotopic (exact) mass is 423 g/mol. The van der Waals surface area contributed by atoms with Crippen molar-refractivity contribution in [3.63, 3.8) is 0 Å². The highest BCUT2D eigenvalue weighted by molar-refractivity contribution is 6.09. The van der Waals surface area contributed by atoms with Crippen LogP contribution in [-0.4, -0.2) is 54.7 Å². The summed E-state index contributed by atoms with van der Waals surface area (Å²) in [5.41, 5.74) is 1.61. The van der Waals surface area contributed by atoms with Crippen molar-refractivity contribution < 1.29 is 9.94 Å². The van der Waals surface area contributed by atoms with Gasteiger partial charge in [-0.25, -0.2) is 9.98 Å². The number of rotatable bonds is 4. The molecule has 0 bridgehead atoms. The number of ether oxygens (including phenoxy) is 1. The lowest BCUT2D eigenvalue weighted by molar-refractivity contribution is 0.286. The lowest BCUT2D eigenvalue weighted by atomic mass is 9.65. The SMILES string of the molecule is C[C@@H]1CCCC(OCCN=C2N=C[C@]3(C)/C(=N/O)CC(c4ccccc4)CC3N2)=NC1. The Balaban J connectivity index is 1.39. The molecule has 0 aromatic heterocycles. The second kappa shape index (κ2) is 9.62. The molecule has 1 fully saturated rings. The van der Waals surface area contributed by atoms with Crippen LogP contribution in [-0.2, 0) is 4.74 Å².